The molecule has 0 amide bonds. The Morgan fingerprint density at radius 2 is 2.21 bits per heavy atom. The number of phenols is 1. The van der Waals surface area contributed by atoms with Gasteiger partial charge in [0.2, 0.25) is 0 Å². The highest BCUT2D eigenvalue weighted by Gasteiger charge is 1.94. The summed E-state index contributed by atoms with van der Waals surface area (Å²) in [6.07, 6.45) is 1.50. The largest absolute Gasteiger partial charge is 0.507 e. The smallest absolute Gasteiger partial charge is 0.186 e. The van der Waals surface area contributed by atoms with Gasteiger partial charge in [-0.3, -0.25) is 5.43 Å². The van der Waals surface area contributed by atoms with Crippen molar-refractivity contribution < 1.29 is 5.11 Å². The molecule has 0 spiro atoms. The summed E-state index contributed by atoms with van der Waals surface area (Å²) in [4.78, 5) is 0. The number of nitrogens with zero attached hydrogens (tertiary/aromatic N) is 1. The maximum atomic E-state index is 9.37. The van der Waals surface area contributed by atoms with Gasteiger partial charge in [-0.05, 0) is 24.4 Å². The van der Waals surface area contributed by atoms with E-state index in [0.29, 0.717) is 10.7 Å². The van der Waals surface area contributed by atoms with Crippen LogP contribution in [0, 0.1) is 0 Å². The van der Waals surface area contributed by atoms with Gasteiger partial charge in [-0.1, -0.05) is 12.1 Å². The van der Waals surface area contributed by atoms with Gasteiger partial charge in [-0.2, -0.15) is 5.10 Å². The maximum Gasteiger partial charge on any atom is 0.186 e. The standard InChI is InChI=1S/C9H11N3OS/c1-10-9(14)12-11-6-7-4-2-3-5-8(7)13/h2-6,13H,1H3,(H2,10,12,14)/b11-6+. The lowest BCUT2D eigenvalue weighted by Gasteiger charge is -2.00. The van der Waals surface area contributed by atoms with E-state index in [0.717, 1.165) is 0 Å². The summed E-state index contributed by atoms with van der Waals surface area (Å²) in [5.41, 5.74) is 3.22. The first-order chi connectivity index (χ1) is 6.74. The van der Waals surface area contributed by atoms with Crippen molar-refractivity contribution >= 4 is 23.5 Å². The van der Waals surface area contributed by atoms with Gasteiger partial charge in [0.15, 0.2) is 5.11 Å². The van der Waals surface area contributed by atoms with Gasteiger partial charge in [0.1, 0.15) is 5.75 Å². The molecule has 3 N–H and O–H groups in total. The van der Waals surface area contributed by atoms with Gasteiger partial charge in [0, 0.05) is 12.6 Å². The van der Waals surface area contributed by atoms with E-state index >= 15 is 0 Å². The molecule has 0 bridgehead atoms. The number of benzene rings is 1. The quantitative estimate of drug-likeness (QED) is 0.383. The lowest BCUT2D eigenvalue weighted by atomic mass is 10.2. The molecule has 0 aromatic heterocycles. The highest BCUT2D eigenvalue weighted by molar-refractivity contribution is 7.80. The van der Waals surface area contributed by atoms with Crippen LogP contribution in [-0.2, 0) is 0 Å². The number of hydrogen-bond donors (Lipinski definition) is 3. The molecule has 0 radical (unpaired) electrons. The van der Waals surface area contributed by atoms with Crippen molar-refractivity contribution in [3.8, 4) is 5.75 Å². The van der Waals surface area contributed by atoms with E-state index < -0.39 is 0 Å². The summed E-state index contributed by atoms with van der Waals surface area (Å²) in [6.45, 7) is 0. The second-order valence-corrected chi connectivity index (χ2v) is 2.92. The second-order valence-electron chi connectivity index (χ2n) is 2.51. The Labute approximate surface area is 87.6 Å². The van der Waals surface area contributed by atoms with E-state index in [9.17, 15) is 5.11 Å². The zero-order valence-corrected chi connectivity index (χ0v) is 8.51. The molecule has 0 aliphatic heterocycles. The Morgan fingerprint density at radius 1 is 1.50 bits per heavy atom. The minimum Gasteiger partial charge on any atom is -0.507 e. The Morgan fingerprint density at radius 3 is 2.86 bits per heavy atom. The molecule has 14 heavy (non-hydrogen) atoms. The molecule has 0 unspecified atom stereocenters. The van der Waals surface area contributed by atoms with Crippen LogP contribution in [0.25, 0.3) is 0 Å². The van der Waals surface area contributed by atoms with E-state index in [1.54, 1.807) is 25.2 Å². The minimum atomic E-state index is 0.188. The van der Waals surface area contributed by atoms with Crippen LogP contribution in [0.1, 0.15) is 5.56 Å². The SMILES string of the molecule is CNC(=S)N/N=C/c1ccccc1O. The van der Waals surface area contributed by atoms with Crippen LogP contribution in [0.4, 0.5) is 0 Å². The summed E-state index contributed by atoms with van der Waals surface area (Å²) >= 11 is 4.81. The third kappa shape index (κ3) is 3.02. The second kappa shape index (κ2) is 5.18. The molecule has 0 atom stereocenters. The van der Waals surface area contributed by atoms with Crippen molar-refractivity contribution in [2.45, 2.75) is 0 Å². The summed E-state index contributed by atoms with van der Waals surface area (Å²) in [7, 11) is 1.70. The molecule has 0 aliphatic rings. The number of aromatic hydroxyl groups is 1. The highest BCUT2D eigenvalue weighted by Crippen LogP contribution is 2.12. The number of nitrogens with one attached hydrogen (secondary N) is 2. The van der Waals surface area contributed by atoms with Crippen molar-refractivity contribution in [2.75, 3.05) is 7.05 Å². The van der Waals surface area contributed by atoms with Gasteiger partial charge in [0.25, 0.3) is 0 Å². The van der Waals surface area contributed by atoms with Crippen LogP contribution in [0.2, 0.25) is 0 Å². The molecule has 1 aromatic rings. The van der Waals surface area contributed by atoms with Gasteiger partial charge in [-0.25, -0.2) is 0 Å². The fraction of sp³-hybridized carbons (Fsp3) is 0.111. The number of phenolic OH excluding ortho intramolecular Hbond substituents is 1. The fourth-order valence-electron chi connectivity index (χ4n) is 0.813. The van der Waals surface area contributed by atoms with Gasteiger partial charge in [-0.15, -0.1) is 0 Å². The first-order valence-electron chi connectivity index (χ1n) is 4.03. The van der Waals surface area contributed by atoms with Crippen LogP contribution in [0.3, 0.4) is 0 Å². The third-order valence-corrected chi connectivity index (χ3v) is 1.83. The zero-order chi connectivity index (χ0) is 10.4. The highest BCUT2D eigenvalue weighted by atomic mass is 32.1. The predicted molar refractivity (Wildman–Crippen MR) is 60.5 cm³/mol. The average Bonchev–Trinajstić information content (AvgIpc) is 2.20. The first kappa shape index (κ1) is 10.5. The molecular weight excluding hydrogens is 198 g/mol. The molecule has 0 heterocycles. The summed E-state index contributed by atoms with van der Waals surface area (Å²) < 4.78 is 0. The molecular formula is C9H11N3OS. The van der Waals surface area contributed by atoms with E-state index in [4.69, 9.17) is 12.2 Å². The zero-order valence-electron chi connectivity index (χ0n) is 7.69. The molecule has 0 aliphatic carbocycles. The number of para-hydroxylation sites is 1. The van der Waals surface area contributed by atoms with Crippen LogP contribution >= 0.6 is 12.2 Å². The van der Waals surface area contributed by atoms with Crippen LogP contribution in [0.5, 0.6) is 5.75 Å². The molecule has 74 valence electrons. The third-order valence-electron chi connectivity index (χ3n) is 1.53. The molecule has 0 fully saturated rings. The monoisotopic (exact) mass is 209 g/mol. The molecule has 0 saturated heterocycles. The predicted octanol–water partition coefficient (Wildman–Crippen LogP) is 0.820. The van der Waals surface area contributed by atoms with Crippen molar-refractivity contribution in [1.29, 1.82) is 0 Å². The van der Waals surface area contributed by atoms with E-state index in [-0.39, 0.29) is 5.75 Å². The van der Waals surface area contributed by atoms with Crippen LogP contribution in [-0.4, -0.2) is 23.5 Å². The van der Waals surface area contributed by atoms with Gasteiger partial charge in [0.05, 0.1) is 6.21 Å². The van der Waals surface area contributed by atoms with E-state index in [1.807, 2.05) is 6.07 Å². The Bertz CT molecular complexity index is 352. The fourth-order valence-corrected chi connectivity index (χ4v) is 0.866. The van der Waals surface area contributed by atoms with Crippen LogP contribution in [0.15, 0.2) is 29.4 Å². The maximum absolute atomic E-state index is 9.37. The lowest BCUT2D eigenvalue weighted by Crippen LogP contribution is -2.28. The molecule has 4 nitrogen and oxygen atoms in total. The molecule has 5 heteroatoms. The topological polar surface area (TPSA) is 56.7 Å². The van der Waals surface area contributed by atoms with Gasteiger partial charge < -0.3 is 10.4 Å². The summed E-state index contributed by atoms with van der Waals surface area (Å²) in [6, 6.07) is 6.91. The van der Waals surface area contributed by atoms with Crippen molar-refractivity contribution in [1.82, 2.24) is 10.7 Å². The Kier molecular flexibility index (Phi) is 3.87. The number of hydrazone groups is 1. The first-order valence-corrected chi connectivity index (χ1v) is 4.43. The lowest BCUT2D eigenvalue weighted by molar-refractivity contribution is 0.474. The number of rotatable bonds is 2. The summed E-state index contributed by atoms with van der Waals surface area (Å²) in [5, 5.41) is 16.3. The van der Waals surface area contributed by atoms with Crippen LogP contribution < -0.4 is 10.7 Å². The average molecular weight is 209 g/mol. The molecule has 0 saturated carbocycles. The Balaban J connectivity index is 2.60. The van der Waals surface area contributed by atoms with Crippen molar-refractivity contribution in [3.05, 3.63) is 29.8 Å². The minimum absolute atomic E-state index is 0.188. The van der Waals surface area contributed by atoms with Crippen molar-refractivity contribution in [3.63, 3.8) is 0 Å². The molecule has 1 rings (SSSR count). The number of thiocarbonyl (C=S) groups is 1. The van der Waals surface area contributed by atoms with E-state index in [1.165, 1.54) is 6.21 Å². The van der Waals surface area contributed by atoms with E-state index in [2.05, 4.69) is 15.8 Å². The normalized spacial score (nSPS) is 10.1. The Hall–Kier alpha value is -1.62. The number of hydrogen-bond acceptors (Lipinski definition) is 3. The van der Waals surface area contributed by atoms with Crippen molar-refractivity contribution in [2.24, 2.45) is 5.10 Å². The van der Waals surface area contributed by atoms with Gasteiger partial charge >= 0.3 is 0 Å². The molecule has 1 aromatic carbocycles. The summed E-state index contributed by atoms with van der Waals surface area (Å²) in [5.74, 6) is 0.188.